The van der Waals surface area contributed by atoms with Gasteiger partial charge in [0.1, 0.15) is 0 Å². The van der Waals surface area contributed by atoms with Crippen molar-refractivity contribution in [1.29, 1.82) is 0 Å². The van der Waals surface area contributed by atoms with Gasteiger partial charge in [-0.25, -0.2) is 0 Å². The highest BCUT2D eigenvalue weighted by atomic mass is 16.1. The Labute approximate surface area is 78.1 Å². The Kier molecular flexibility index (Phi) is 2.01. The second kappa shape index (κ2) is 3.17. The standard InChI is InChI=1S/C12H12O/c1-2-9-8-11(9)12(13)10-6-4-3-5-7-10/h2-7,9,11H,1,8H2/t9-,11-/m1/s1. The number of benzene rings is 1. The summed E-state index contributed by atoms with van der Waals surface area (Å²) < 4.78 is 0. The molecule has 0 amide bonds. The van der Waals surface area contributed by atoms with E-state index in [2.05, 4.69) is 6.58 Å². The summed E-state index contributed by atoms with van der Waals surface area (Å²) in [4.78, 5) is 11.7. The second-order valence-corrected chi connectivity index (χ2v) is 3.47. The summed E-state index contributed by atoms with van der Waals surface area (Å²) in [6, 6.07) is 9.48. The molecule has 0 aromatic heterocycles. The third kappa shape index (κ3) is 1.55. The Morgan fingerprint density at radius 1 is 1.38 bits per heavy atom. The maximum Gasteiger partial charge on any atom is 0.166 e. The first-order chi connectivity index (χ1) is 6.33. The van der Waals surface area contributed by atoms with Crippen molar-refractivity contribution in [3.8, 4) is 0 Å². The monoisotopic (exact) mass is 172 g/mol. The van der Waals surface area contributed by atoms with Crippen LogP contribution in [0.15, 0.2) is 43.0 Å². The number of hydrogen-bond donors (Lipinski definition) is 0. The number of allylic oxidation sites excluding steroid dienone is 1. The van der Waals surface area contributed by atoms with Gasteiger partial charge in [0.05, 0.1) is 0 Å². The Balaban J connectivity index is 2.11. The van der Waals surface area contributed by atoms with E-state index < -0.39 is 0 Å². The lowest BCUT2D eigenvalue weighted by atomic mass is 10.1. The number of hydrogen-bond acceptors (Lipinski definition) is 1. The molecule has 13 heavy (non-hydrogen) atoms. The van der Waals surface area contributed by atoms with Crippen LogP contribution in [-0.4, -0.2) is 5.78 Å². The first-order valence-electron chi connectivity index (χ1n) is 4.54. The Morgan fingerprint density at radius 2 is 2.08 bits per heavy atom. The Bertz CT molecular complexity index is 326. The van der Waals surface area contributed by atoms with E-state index in [4.69, 9.17) is 0 Å². The smallest absolute Gasteiger partial charge is 0.166 e. The lowest BCUT2D eigenvalue weighted by Gasteiger charge is -1.97. The molecule has 1 aromatic carbocycles. The zero-order valence-electron chi connectivity index (χ0n) is 7.44. The van der Waals surface area contributed by atoms with Gasteiger partial charge in [-0.3, -0.25) is 4.79 Å². The van der Waals surface area contributed by atoms with E-state index in [1.807, 2.05) is 36.4 Å². The molecule has 0 unspecified atom stereocenters. The molecule has 0 aliphatic heterocycles. The largest absolute Gasteiger partial charge is 0.294 e. The van der Waals surface area contributed by atoms with Crippen LogP contribution in [-0.2, 0) is 0 Å². The molecule has 1 fully saturated rings. The molecule has 1 nitrogen and oxygen atoms in total. The van der Waals surface area contributed by atoms with Crippen LogP contribution in [0.2, 0.25) is 0 Å². The van der Waals surface area contributed by atoms with Gasteiger partial charge in [0, 0.05) is 11.5 Å². The zero-order chi connectivity index (χ0) is 9.26. The van der Waals surface area contributed by atoms with Gasteiger partial charge >= 0.3 is 0 Å². The molecule has 0 bridgehead atoms. The maximum absolute atomic E-state index is 11.7. The van der Waals surface area contributed by atoms with Gasteiger partial charge in [0.25, 0.3) is 0 Å². The zero-order valence-corrected chi connectivity index (χ0v) is 7.44. The number of rotatable bonds is 3. The molecule has 0 N–H and O–H groups in total. The molecule has 1 aromatic rings. The van der Waals surface area contributed by atoms with E-state index in [1.165, 1.54) is 0 Å². The molecule has 66 valence electrons. The molecule has 1 aliphatic carbocycles. The summed E-state index contributed by atoms with van der Waals surface area (Å²) >= 11 is 0. The Hall–Kier alpha value is -1.37. The molecule has 1 saturated carbocycles. The summed E-state index contributed by atoms with van der Waals surface area (Å²) in [5, 5.41) is 0. The molecule has 0 spiro atoms. The number of Topliss-reactive ketones (excluding diaryl/α,β-unsaturated/α-hetero) is 1. The van der Waals surface area contributed by atoms with E-state index in [0.29, 0.717) is 5.92 Å². The van der Waals surface area contributed by atoms with Crippen molar-refractivity contribution in [3.63, 3.8) is 0 Å². The summed E-state index contributed by atoms with van der Waals surface area (Å²) in [6.45, 7) is 3.70. The van der Waals surface area contributed by atoms with Crippen molar-refractivity contribution in [2.24, 2.45) is 11.8 Å². The van der Waals surface area contributed by atoms with E-state index in [0.717, 1.165) is 12.0 Å². The topological polar surface area (TPSA) is 17.1 Å². The lowest BCUT2D eigenvalue weighted by molar-refractivity contribution is 0.0964. The third-order valence-electron chi connectivity index (χ3n) is 2.54. The van der Waals surface area contributed by atoms with Crippen LogP contribution < -0.4 is 0 Å². The highest BCUT2D eigenvalue weighted by Gasteiger charge is 2.40. The van der Waals surface area contributed by atoms with Gasteiger partial charge in [-0.2, -0.15) is 0 Å². The number of carbonyl (C=O) groups excluding carboxylic acids is 1. The number of ketones is 1. The molecule has 1 aliphatic rings. The van der Waals surface area contributed by atoms with Gasteiger partial charge in [0.15, 0.2) is 5.78 Å². The first kappa shape index (κ1) is 8.24. The predicted molar refractivity (Wildman–Crippen MR) is 52.6 cm³/mol. The average Bonchev–Trinajstić information content (AvgIpc) is 2.97. The van der Waals surface area contributed by atoms with Gasteiger partial charge < -0.3 is 0 Å². The van der Waals surface area contributed by atoms with Crippen molar-refractivity contribution in [2.45, 2.75) is 6.42 Å². The molecule has 0 heterocycles. The van der Waals surface area contributed by atoms with Gasteiger partial charge in [-0.05, 0) is 12.3 Å². The first-order valence-corrected chi connectivity index (χ1v) is 4.54. The van der Waals surface area contributed by atoms with Crippen molar-refractivity contribution in [2.75, 3.05) is 0 Å². The van der Waals surface area contributed by atoms with Gasteiger partial charge in [-0.1, -0.05) is 36.4 Å². The fourth-order valence-electron chi connectivity index (χ4n) is 1.59. The van der Waals surface area contributed by atoms with Crippen LogP contribution in [0.4, 0.5) is 0 Å². The third-order valence-corrected chi connectivity index (χ3v) is 2.54. The number of carbonyl (C=O) groups is 1. The quantitative estimate of drug-likeness (QED) is 0.506. The summed E-state index contributed by atoms with van der Waals surface area (Å²) in [7, 11) is 0. The van der Waals surface area contributed by atoms with Crippen molar-refractivity contribution in [1.82, 2.24) is 0 Å². The minimum absolute atomic E-state index is 0.208. The fraction of sp³-hybridized carbons (Fsp3) is 0.250. The molecular weight excluding hydrogens is 160 g/mol. The summed E-state index contributed by atoms with van der Waals surface area (Å²) in [5.74, 6) is 0.901. The summed E-state index contributed by atoms with van der Waals surface area (Å²) in [5.41, 5.74) is 0.830. The highest BCUT2D eigenvalue weighted by Crippen LogP contribution is 2.41. The van der Waals surface area contributed by atoms with Gasteiger partial charge in [0.2, 0.25) is 0 Å². The molecule has 2 atom stereocenters. The molecule has 0 saturated heterocycles. The predicted octanol–water partition coefficient (Wildman–Crippen LogP) is 2.69. The van der Waals surface area contributed by atoms with E-state index >= 15 is 0 Å². The summed E-state index contributed by atoms with van der Waals surface area (Å²) in [6.07, 6.45) is 2.86. The van der Waals surface area contributed by atoms with E-state index in [9.17, 15) is 4.79 Å². The van der Waals surface area contributed by atoms with Crippen LogP contribution in [0.1, 0.15) is 16.8 Å². The molecular formula is C12H12O. The SMILES string of the molecule is C=C[C@@H]1C[C@H]1C(=O)c1ccccc1. The van der Waals surface area contributed by atoms with Crippen LogP contribution >= 0.6 is 0 Å². The van der Waals surface area contributed by atoms with Crippen molar-refractivity contribution in [3.05, 3.63) is 48.6 Å². The molecule has 0 radical (unpaired) electrons. The van der Waals surface area contributed by atoms with Crippen molar-refractivity contribution < 1.29 is 4.79 Å². The van der Waals surface area contributed by atoms with Crippen LogP contribution in [0, 0.1) is 11.8 Å². The second-order valence-electron chi connectivity index (χ2n) is 3.47. The lowest BCUT2D eigenvalue weighted by Crippen LogP contribution is -2.02. The normalized spacial score (nSPS) is 25.2. The fourth-order valence-corrected chi connectivity index (χ4v) is 1.59. The van der Waals surface area contributed by atoms with Gasteiger partial charge in [-0.15, -0.1) is 6.58 Å². The van der Waals surface area contributed by atoms with Crippen LogP contribution in [0.25, 0.3) is 0 Å². The Morgan fingerprint density at radius 3 is 2.62 bits per heavy atom. The molecule has 1 heteroatoms. The highest BCUT2D eigenvalue weighted by molar-refractivity contribution is 5.99. The van der Waals surface area contributed by atoms with E-state index in [-0.39, 0.29) is 11.7 Å². The van der Waals surface area contributed by atoms with Crippen molar-refractivity contribution >= 4 is 5.78 Å². The maximum atomic E-state index is 11.7. The van der Waals surface area contributed by atoms with E-state index in [1.54, 1.807) is 0 Å². The minimum atomic E-state index is 0.208. The average molecular weight is 172 g/mol. The minimum Gasteiger partial charge on any atom is -0.294 e. The molecule has 2 rings (SSSR count). The van der Waals surface area contributed by atoms with Crippen LogP contribution in [0.5, 0.6) is 0 Å². The van der Waals surface area contributed by atoms with Crippen LogP contribution in [0.3, 0.4) is 0 Å².